The van der Waals surface area contributed by atoms with Gasteiger partial charge in [-0.05, 0) is 36.3 Å². The number of carbonyl (C=O) groups is 2. The van der Waals surface area contributed by atoms with Gasteiger partial charge in [0.05, 0.1) is 28.6 Å². The molecule has 2 aromatic carbocycles. The molecule has 5 N–H and O–H groups in total. The van der Waals surface area contributed by atoms with Crippen LogP contribution in [-0.2, 0) is 29.0 Å². The summed E-state index contributed by atoms with van der Waals surface area (Å²) in [6.45, 7) is 3.89. The number of thiazole rings is 1. The number of nitrogens with two attached hydrogens (primary N) is 1. The molecule has 3 aromatic rings. The highest BCUT2D eigenvalue weighted by molar-refractivity contribution is 7.09. The first kappa shape index (κ1) is 28.3. The van der Waals surface area contributed by atoms with Gasteiger partial charge in [-0.3, -0.25) is 9.78 Å². The summed E-state index contributed by atoms with van der Waals surface area (Å²) in [5.41, 5.74) is 9.73. The van der Waals surface area contributed by atoms with Gasteiger partial charge in [0.1, 0.15) is 6.61 Å². The summed E-state index contributed by atoms with van der Waals surface area (Å²) in [7, 11) is 0. The van der Waals surface area contributed by atoms with E-state index in [1.807, 2.05) is 74.5 Å². The molecule has 0 fully saturated rings. The normalized spacial score (nSPS) is 14.4. The number of nitrogens with one attached hydrogen (secondary N) is 2. The molecule has 0 spiro atoms. The van der Waals surface area contributed by atoms with Crippen molar-refractivity contribution in [1.29, 1.82) is 0 Å². The Bertz CT molecular complexity index is 1080. The van der Waals surface area contributed by atoms with Crippen molar-refractivity contribution >= 4 is 23.3 Å². The highest BCUT2D eigenvalue weighted by Gasteiger charge is 2.28. The van der Waals surface area contributed by atoms with Crippen LogP contribution in [0.3, 0.4) is 0 Å². The fourth-order valence-corrected chi connectivity index (χ4v) is 4.45. The molecule has 37 heavy (non-hydrogen) atoms. The summed E-state index contributed by atoms with van der Waals surface area (Å²) in [5, 5.41) is 17.2. The summed E-state index contributed by atoms with van der Waals surface area (Å²) in [5.74, 6) is -0.289. The minimum absolute atomic E-state index is 0.0249. The van der Waals surface area contributed by atoms with Crippen molar-refractivity contribution in [1.82, 2.24) is 15.6 Å². The van der Waals surface area contributed by atoms with E-state index in [1.54, 1.807) is 11.7 Å². The van der Waals surface area contributed by atoms with Crippen LogP contribution in [0.5, 0.6) is 0 Å². The van der Waals surface area contributed by atoms with Crippen LogP contribution in [0.1, 0.15) is 36.3 Å². The van der Waals surface area contributed by atoms with Crippen LogP contribution < -0.4 is 16.4 Å². The predicted octanol–water partition coefficient (Wildman–Crippen LogP) is 3.44. The lowest BCUT2D eigenvalue weighted by molar-refractivity contribution is -0.124. The fraction of sp³-hybridized carbons (Fsp3) is 0.393. The van der Waals surface area contributed by atoms with E-state index in [1.165, 1.54) is 11.3 Å². The fourth-order valence-electron chi connectivity index (χ4n) is 3.94. The molecule has 9 heteroatoms. The number of amides is 2. The summed E-state index contributed by atoms with van der Waals surface area (Å²) in [6, 6.07) is 17.7. The molecule has 0 aliphatic carbocycles. The molecular formula is C28H36N4O4S. The average molecular weight is 525 g/mol. The lowest BCUT2D eigenvalue weighted by Crippen LogP contribution is -2.52. The summed E-state index contributed by atoms with van der Waals surface area (Å²) < 4.78 is 5.35. The second kappa shape index (κ2) is 14.5. The molecule has 0 aliphatic rings. The van der Waals surface area contributed by atoms with E-state index < -0.39 is 24.3 Å². The molecule has 0 radical (unpaired) electrons. The van der Waals surface area contributed by atoms with E-state index in [0.29, 0.717) is 12.8 Å². The minimum atomic E-state index is -0.958. The zero-order chi connectivity index (χ0) is 26.6. The van der Waals surface area contributed by atoms with Crippen molar-refractivity contribution in [2.45, 2.75) is 63.9 Å². The van der Waals surface area contributed by atoms with Crippen LogP contribution in [-0.4, -0.2) is 46.3 Å². The Labute approximate surface area is 222 Å². The Morgan fingerprint density at radius 2 is 1.62 bits per heavy atom. The number of nitrogens with zero attached hydrogens (tertiary/aromatic N) is 1. The van der Waals surface area contributed by atoms with Gasteiger partial charge in [-0.1, -0.05) is 74.5 Å². The number of aliphatic hydroxyl groups excluding tert-OH is 1. The molecule has 198 valence electrons. The van der Waals surface area contributed by atoms with Crippen molar-refractivity contribution in [3.05, 3.63) is 88.4 Å². The first-order chi connectivity index (χ1) is 17.8. The number of hydrogen-bond donors (Lipinski definition) is 4. The third kappa shape index (κ3) is 9.60. The largest absolute Gasteiger partial charge is 0.444 e. The van der Waals surface area contributed by atoms with E-state index in [0.717, 1.165) is 16.0 Å². The second-order valence-electron chi connectivity index (χ2n) is 9.45. The van der Waals surface area contributed by atoms with E-state index in [-0.39, 0.29) is 30.9 Å². The number of carbonyl (C=O) groups excluding carboxylic acids is 2. The molecule has 4 atom stereocenters. The molecule has 1 aromatic heterocycles. The highest BCUT2D eigenvalue weighted by Crippen LogP contribution is 2.15. The Morgan fingerprint density at radius 1 is 1.00 bits per heavy atom. The van der Waals surface area contributed by atoms with Gasteiger partial charge in [-0.15, -0.1) is 11.3 Å². The number of alkyl carbamates (subject to hydrolysis) is 1. The molecule has 2 amide bonds. The van der Waals surface area contributed by atoms with Gasteiger partial charge in [0.2, 0.25) is 5.91 Å². The topological polar surface area (TPSA) is 127 Å². The van der Waals surface area contributed by atoms with Gasteiger partial charge in [0.15, 0.2) is 0 Å². The maximum atomic E-state index is 12.8. The Morgan fingerprint density at radius 3 is 2.19 bits per heavy atom. The number of aromatic nitrogens is 1. The van der Waals surface area contributed by atoms with Gasteiger partial charge >= 0.3 is 6.09 Å². The molecule has 3 rings (SSSR count). The number of hydrogen-bond acceptors (Lipinski definition) is 7. The lowest BCUT2D eigenvalue weighted by Gasteiger charge is -2.29. The number of ether oxygens (including phenoxy) is 1. The molecule has 0 saturated carbocycles. The van der Waals surface area contributed by atoms with Gasteiger partial charge in [-0.2, -0.15) is 0 Å². The molecule has 8 nitrogen and oxygen atoms in total. The Balaban J connectivity index is 1.73. The second-order valence-corrected chi connectivity index (χ2v) is 10.4. The van der Waals surface area contributed by atoms with Gasteiger partial charge in [0.25, 0.3) is 0 Å². The smallest absolute Gasteiger partial charge is 0.407 e. The quantitative estimate of drug-likeness (QED) is 0.271. The van der Waals surface area contributed by atoms with Crippen molar-refractivity contribution in [2.75, 3.05) is 0 Å². The van der Waals surface area contributed by atoms with Crippen LogP contribution >= 0.6 is 11.3 Å². The molecular weight excluding hydrogens is 488 g/mol. The van der Waals surface area contributed by atoms with Crippen molar-refractivity contribution in [3.63, 3.8) is 0 Å². The number of rotatable bonds is 13. The number of benzene rings is 2. The zero-order valence-electron chi connectivity index (χ0n) is 21.2. The SMILES string of the molecule is CC(C)C(N)C(=O)NC(Cc1ccccc1)CC(O)C(Cc1ccccc1)NC(=O)OCc1cncs1. The summed E-state index contributed by atoms with van der Waals surface area (Å²) in [4.78, 5) is 30.2. The number of aliphatic hydroxyl groups is 1. The van der Waals surface area contributed by atoms with Crippen molar-refractivity contribution in [3.8, 4) is 0 Å². The van der Waals surface area contributed by atoms with E-state index in [2.05, 4.69) is 15.6 Å². The predicted molar refractivity (Wildman–Crippen MR) is 145 cm³/mol. The van der Waals surface area contributed by atoms with E-state index in [4.69, 9.17) is 10.5 Å². The monoisotopic (exact) mass is 524 g/mol. The molecule has 1 heterocycles. The van der Waals surface area contributed by atoms with Crippen LogP contribution in [0.2, 0.25) is 0 Å². The molecule has 0 bridgehead atoms. The Kier molecular flexibility index (Phi) is 11.1. The first-order valence-electron chi connectivity index (χ1n) is 12.4. The maximum Gasteiger partial charge on any atom is 0.407 e. The zero-order valence-corrected chi connectivity index (χ0v) is 22.1. The minimum Gasteiger partial charge on any atom is -0.444 e. The lowest BCUT2D eigenvalue weighted by atomic mass is 9.93. The van der Waals surface area contributed by atoms with Crippen LogP contribution in [0.25, 0.3) is 0 Å². The van der Waals surface area contributed by atoms with Gasteiger partial charge in [-0.25, -0.2) is 4.79 Å². The maximum absolute atomic E-state index is 12.8. The van der Waals surface area contributed by atoms with Crippen LogP contribution in [0.4, 0.5) is 4.79 Å². The van der Waals surface area contributed by atoms with Crippen molar-refractivity contribution in [2.24, 2.45) is 11.7 Å². The first-order valence-corrected chi connectivity index (χ1v) is 13.3. The third-order valence-electron chi connectivity index (χ3n) is 6.11. The summed E-state index contributed by atoms with van der Waals surface area (Å²) in [6.07, 6.45) is 1.20. The Hall–Kier alpha value is -3.27. The average Bonchev–Trinajstić information content (AvgIpc) is 3.41. The molecule has 4 unspecified atom stereocenters. The van der Waals surface area contributed by atoms with Crippen LogP contribution in [0, 0.1) is 5.92 Å². The van der Waals surface area contributed by atoms with Crippen molar-refractivity contribution < 1.29 is 19.4 Å². The summed E-state index contributed by atoms with van der Waals surface area (Å²) >= 11 is 1.40. The third-order valence-corrected chi connectivity index (χ3v) is 6.87. The molecule has 0 aliphatic heterocycles. The van der Waals surface area contributed by atoms with Crippen LogP contribution in [0.15, 0.2) is 72.4 Å². The highest BCUT2D eigenvalue weighted by atomic mass is 32.1. The van der Waals surface area contributed by atoms with E-state index >= 15 is 0 Å². The standard InChI is InChI=1S/C28H36N4O4S/c1-19(2)26(29)27(34)31-22(13-20-9-5-3-6-10-20)15-25(33)24(14-21-11-7-4-8-12-21)32-28(35)36-17-23-16-30-18-37-23/h3-12,16,18-19,22,24-26,33H,13-15,17,29H2,1-2H3,(H,31,34)(H,32,35). The molecule has 0 saturated heterocycles. The van der Waals surface area contributed by atoms with Gasteiger partial charge in [0, 0.05) is 12.2 Å². The van der Waals surface area contributed by atoms with Gasteiger partial charge < -0.3 is 26.2 Å². The van der Waals surface area contributed by atoms with E-state index in [9.17, 15) is 14.7 Å².